The van der Waals surface area contributed by atoms with Gasteiger partial charge in [-0.15, -0.1) is 0 Å². The van der Waals surface area contributed by atoms with Crippen molar-refractivity contribution in [1.29, 1.82) is 0 Å². The maximum atomic E-state index is 12.3. The van der Waals surface area contributed by atoms with Crippen LogP contribution < -0.4 is 4.90 Å². The number of anilines is 1. The number of aryl methyl sites for hydroxylation is 2. The summed E-state index contributed by atoms with van der Waals surface area (Å²) in [4.78, 5) is 50.2. The van der Waals surface area contributed by atoms with Gasteiger partial charge in [-0.1, -0.05) is 41.5 Å². The van der Waals surface area contributed by atoms with E-state index in [0.717, 1.165) is 16.0 Å². The summed E-state index contributed by atoms with van der Waals surface area (Å²) in [5, 5.41) is 8.75. The quantitative estimate of drug-likeness (QED) is 0.628. The number of fused-ring (bicyclic) bond motifs is 2. The lowest BCUT2D eigenvalue weighted by atomic mass is 10.1. The van der Waals surface area contributed by atoms with Crippen LogP contribution in [0.15, 0.2) is 66.7 Å². The normalized spacial score (nSPS) is 14.3. The second-order valence-corrected chi connectivity index (χ2v) is 7.86. The van der Waals surface area contributed by atoms with Crippen LogP contribution in [0.2, 0.25) is 0 Å². The average Bonchev–Trinajstić information content (AvgIpc) is 3.19. The molecule has 0 spiro atoms. The first-order valence-electron chi connectivity index (χ1n) is 10.5. The standard InChI is InChI=1S/C15H11NO2.C11H11NO3/c1-10-7-8-12-13(9-10)15(18)16(14(12)17)11-5-3-2-4-6-11;1-7-2-3-8-9(6-7)11(15)12(4-5-13)10(8)14/h2-9H,1H3;2-3,6,13H,4-5H2,1H3. The molecule has 0 unspecified atom stereocenters. The highest BCUT2D eigenvalue weighted by atomic mass is 16.3. The Morgan fingerprint density at radius 2 is 1.12 bits per heavy atom. The fraction of sp³-hybridized carbons (Fsp3) is 0.154. The number of nitrogens with zero attached hydrogens (tertiary/aromatic N) is 2. The summed E-state index contributed by atoms with van der Waals surface area (Å²) >= 11 is 0. The Bertz CT molecular complexity index is 1280. The van der Waals surface area contributed by atoms with Crippen molar-refractivity contribution in [2.75, 3.05) is 18.1 Å². The number of hydrogen-bond acceptors (Lipinski definition) is 5. The maximum absolute atomic E-state index is 12.3. The van der Waals surface area contributed by atoms with Crippen LogP contribution in [0.3, 0.4) is 0 Å². The number of aliphatic hydroxyl groups is 1. The third-order valence-corrected chi connectivity index (χ3v) is 5.51. The lowest BCUT2D eigenvalue weighted by molar-refractivity contribution is 0.0623. The molecule has 3 aromatic carbocycles. The molecule has 0 saturated carbocycles. The molecule has 166 valence electrons. The van der Waals surface area contributed by atoms with Gasteiger partial charge in [-0.05, 0) is 50.2 Å². The number of aliphatic hydroxyl groups excluding tert-OH is 1. The van der Waals surface area contributed by atoms with E-state index in [1.807, 2.05) is 38.1 Å². The van der Waals surface area contributed by atoms with Crippen molar-refractivity contribution in [2.45, 2.75) is 13.8 Å². The van der Waals surface area contributed by atoms with Gasteiger partial charge in [0, 0.05) is 0 Å². The maximum Gasteiger partial charge on any atom is 0.266 e. The number of carbonyl (C=O) groups excluding carboxylic acids is 4. The predicted octanol–water partition coefficient (Wildman–Crippen LogP) is 3.38. The second-order valence-electron chi connectivity index (χ2n) is 7.86. The molecular weight excluding hydrogens is 420 g/mol. The van der Waals surface area contributed by atoms with Crippen LogP contribution in [0.5, 0.6) is 0 Å². The molecular formula is C26H22N2O5. The summed E-state index contributed by atoms with van der Waals surface area (Å²) in [6.45, 7) is 3.63. The Kier molecular flexibility index (Phi) is 5.89. The van der Waals surface area contributed by atoms with Crippen molar-refractivity contribution in [3.63, 3.8) is 0 Å². The van der Waals surface area contributed by atoms with E-state index in [-0.39, 0.29) is 36.8 Å². The van der Waals surface area contributed by atoms with Crippen LogP contribution in [0.25, 0.3) is 0 Å². The van der Waals surface area contributed by atoms with Crippen LogP contribution in [0, 0.1) is 13.8 Å². The number of β-amino-alcohol motifs (C(OH)–C–C–N with tert-alkyl or cyclic N) is 1. The van der Waals surface area contributed by atoms with Crippen molar-refractivity contribution in [2.24, 2.45) is 0 Å². The Morgan fingerprint density at radius 1 is 0.636 bits per heavy atom. The van der Waals surface area contributed by atoms with Crippen molar-refractivity contribution in [3.8, 4) is 0 Å². The molecule has 7 nitrogen and oxygen atoms in total. The van der Waals surface area contributed by atoms with Gasteiger partial charge < -0.3 is 5.11 Å². The van der Waals surface area contributed by atoms with Gasteiger partial charge in [-0.3, -0.25) is 24.1 Å². The zero-order chi connectivity index (χ0) is 23.7. The summed E-state index contributed by atoms with van der Waals surface area (Å²) in [5.74, 6) is -1.12. The van der Waals surface area contributed by atoms with E-state index in [4.69, 9.17) is 5.11 Å². The number of carbonyl (C=O) groups is 4. The first-order valence-corrected chi connectivity index (χ1v) is 10.5. The summed E-state index contributed by atoms with van der Waals surface area (Å²) in [6, 6.07) is 19.5. The van der Waals surface area contributed by atoms with E-state index in [9.17, 15) is 19.2 Å². The lowest BCUT2D eigenvalue weighted by Gasteiger charge is -2.13. The highest BCUT2D eigenvalue weighted by Crippen LogP contribution is 2.28. The highest BCUT2D eigenvalue weighted by molar-refractivity contribution is 6.34. The molecule has 0 atom stereocenters. The third kappa shape index (κ3) is 3.94. The molecule has 2 heterocycles. The number of imide groups is 2. The number of amides is 4. The molecule has 0 saturated heterocycles. The average molecular weight is 442 g/mol. The number of rotatable bonds is 3. The van der Waals surface area contributed by atoms with Crippen LogP contribution in [0.4, 0.5) is 5.69 Å². The smallest absolute Gasteiger partial charge is 0.266 e. The summed E-state index contributed by atoms with van der Waals surface area (Å²) < 4.78 is 0. The molecule has 4 amide bonds. The van der Waals surface area contributed by atoms with Crippen molar-refractivity contribution in [3.05, 3.63) is 100 Å². The summed E-state index contributed by atoms with van der Waals surface area (Å²) in [6.07, 6.45) is 0. The fourth-order valence-electron chi connectivity index (χ4n) is 3.87. The van der Waals surface area contributed by atoms with Gasteiger partial charge in [0.05, 0.1) is 41.1 Å². The van der Waals surface area contributed by atoms with Gasteiger partial charge in [-0.25, -0.2) is 4.90 Å². The molecule has 5 rings (SSSR count). The molecule has 33 heavy (non-hydrogen) atoms. The molecule has 0 aromatic heterocycles. The minimum absolute atomic E-state index is 0.0609. The SMILES string of the molecule is Cc1ccc2c(c1)C(=O)N(CCO)C2=O.Cc1ccc2c(c1)C(=O)N(c1ccccc1)C2=O. The van der Waals surface area contributed by atoms with Gasteiger partial charge in [0.25, 0.3) is 23.6 Å². The third-order valence-electron chi connectivity index (χ3n) is 5.51. The number of hydrogen-bond donors (Lipinski definition) is 1. The van der Waals surface area contributed by atoms with E-state index < -0.39 is 0 Å². The fourth-order valence-corrected chi connectivity index (χ4v) is 3.87. The molecule has 1 N–H and O–H groups in total. The highest BCUT2D eigenvalue weighted by Gasteiger charge is 2.36. The molecule has 2 aliphatic rings. The van der Waals surface area contributed by atoms with Gasteiger partial charge in [-0.2, -0.15) is 0 Å². The molecule has 0 aliphatic carbocycles. The zero-order valence-corrected chi connectivity index (χ0v) is 18.2. The molecule has 0 fully saturated rings. The van der Waals surface area contributed by atoms with E-state index >= 15 is 0 Å². The Labute approximate surface area is 190 Å². The molecule has 0 radical (unpaired) electrons. The monoisotopic (exact) mass is 442 g/mol. The molecule has 3 aromatic rings. The van der Waals surface area contributed by atoms with Crippen molar-refractivity contribution < 1.29 is 24.3 Å². The Morgan fingerprint density at radius 3 is 1.70 bits per heavy atom. The molecule has 7 heteroatoms. The van der Waals surface area contributed by atoms with Gasteiger partial charge in [0.2, 0.25) is 0 Å². The predicted molar refractivity (Wildman–Crippen MR) is 122 cm³/mol. The Balaban J connectivity index is 0.000000160. The second kappa shape index (κ2) is 8.80. The zero-order valence-electron chi connectivity index (χ0n) is 18.2. The first-order chi connectivity index (χ1) is 15.8. The van der Waals surface area contributed by atoms with Gasteiger partial charge in [0.15, 0.2) is 0 Å². The largest absolute Gasteiger partial charge is 0.395 e. The molecule has 0 bridgehead atoms. The first kappa shape index (κ1) is 22.1. The van der Waals surface area contributed by atoms with Gasteiger partial charge in [0.1, 0.15) is 0 Å². The van der Waals surface area contributed by atoms with Crippen LogP contribution in [0.1, 0.15) is 52.6 Å². The van der Waals surface area contributed by atoms with Gasteiger partial charge >= 0.3 is 0 Å². The summed E-state index contributed by atoms with van der Waals surface area (Å²) in [7, 11) is 0. The Hall–Kier alpha value is -4.10. The minimum atomic E-state index is -0.316. The van der Waals surface area contributed by atoms with E-state index in [0.29, 0.717) is 27.9 Å². The van der Waals surface area contributed by atoms with E-state index in [1.165, 1.54) is 4.90 Å². The lowest BCUT2D eigenvalue weighted by Crippen LogP contribution is -2.32. The van der Waals surface area contributed by atoms with Crippen LogP contribution >= 0.6 is 0 Å². The topological polar surface area (TPSA) is 95.0 Å². The van der Waals surface area contributed by atoms with E-state index in [2.05, 4.69) is 0 Å². The van der Waals surface area contributed by atoms with Crippen molar-refractivity contribution in [1.82, 2.24) is 4.90 Å². The molecule has 2 aliphatic heterocycles. The number of para-hydroxylation sites is 1. The van der Waals surface area contributed by atoms with Crippen LogP contribution in [-0.4, -0.2) is 46.8 Å². The van der Waals surface area contributed by atoms with Crippen molar-refractivity contribution >= 4 is 29.3 Å². The van der Waals surface area contributed by atoms with Crippen LogP contribution in [-0.2, 0) is 0 Å². The minimum Gasteiger partial charge on any atom is -0.395 e. The number of benzene rings is 3. The van der Waals surface area contributed by atoms with E-state index in [1.54, 1.807) is 42.5 Å². The summed E-state index contributed by atoms with van der Waals surface area (Å²) in [5.41, 5.74) is 4.37.